The summed E-state index contributed by atoms with van der Waals surface area (Å²) < 4.78 is 4.92. The highest BCUT2D eigenvalue weighted by Crippen LogP contribution is 2.24. The van der Waals surface area contributed by atoms with Crippen molar-refractivity contribution >= 4 is 40.1 Å². The van der Waals surface area contributed by atoms with Crippen molar-refractivity contribution in [3.05, 3.63) is 60.1 Å². The van der Waals surface area contributed by atoms with Gasteiger partial charge in [-0.1, -0.05) is 17.9 Å². The van der Waals surface area contributed by atoms with Crippen LogP contribution in [0.5, 0.6) is 0 Å². The molecule has 0 saturated heterocycles. The minimum atomic E-state index is -0.545. The maximum absolute atomic E-state index is 12.7. The highest BCUT2D eigenvalue weighted by molar-refractivity contribution is 7.17. The molecule has 3 aromatic rings. The molecule has 0 aromatic carbocycles. The molecule has 0 radical (unpaired) electrons. The highest BCUT2D eigenvalue weighted by Gasteiger charge is 2.19. The number of nitrogens with one attached hydrogen (secondary N) is 2. The fourth-order valence-electron chi connectivity index (χ4n) is 2.55. The van der Waals surface area contributed by atoms with Gasteiger partial charge in [0.05, 0.1) is 36.8 Å². The smallest absolute Gasteiger partial charge is 0.350 e. The highest BCUT2D eigenvalue weighted by atomic mass is 32.1. The molecule has 0 fully saturated rings. The van der Waals surface area contributed by atoms with Crippen molar-refractivity contribution in [2.45, 2.75) is 19.8 Å². The first-order chi connectivity index (χ1) is 15.4. The largest absolute Gasteiger partial charge is 0.462 e. The molecule has 0 aliphatic carbocycles. The Labute approximate surface area is 187 Å². The third kappa shape index (κ3) is 5.58. The van der Waals surface area contributed by atoms with Crippen LogP contribution in [0.2, 0.25) is 0 Å². The first-order valence-electron chi connectivity index (χ1n) is 9.55. The van der Waals surface area contributed by atoms with E-state index >= 15 is 0 Å². The number of nitrogens with zero attached hydrogens (tertiary/aromatic N) is 4. The van der Waals surface area contributed by atoms with E-state index in [0.29, 0.717) is 32.6 Å². The molecule has 3 heterocycles. The van der Waals surface area contributed by atoms with Crippen LogP contribution in [0.3, 0.4) is 0 Å². The fourth-order valence-corrected chi connectivity index (χ4v) is 3.26. The number of anilines is 2. The summed E-state index contributed by atoms with van der Waals surface area (Å²) in [6, 6.07) is 1.79. The van der Waals surface area contributed by atoms with Crippen molar-refractivity contribution < 1.29 is 19.1 Å². The molecule has 10 nitrogen and oxygen atoms in total. The number of carbonyl (C=O) groups is 3. The van der Waals surface area contributed by atoms with E-state index in [4.69, 9.17) is 4.74 Å². The second kappa shape index (κ2) is 10.4. The van der Waals surface area contributed by atoms with Gasteiger partial charge in [-0.3, -0.25) is 19.6 Å². The van der Waals surface area contributed by atoms with E-state index in [1.165, 1.54) is 18.6 Å². The van der Waals surface area contributed by atoms with Gasteiger partial charge in [-0.15, -0.1) is 0 Å². The molecule has 3 rings (SSSR count). The topological polar surface area (TPSA) is 136 Å². The van der Waals surface area contributed by atoms with Crippen LogP contribution in [0.4, 0.5) is 10.9 Å². The molecular formula is C21H20N6O4S. The quantitative estimate of drug-likeness (QED) is 0.393. The van der Waals surface area contributed by atoms with E-state index in [1.54, 1.807) is 32.3 Å². The molecular weight excluding hydrogens is 432 g/mol. The van der Waals surface area contributed by atoms with Gasteiger partial charge in [0.25, 0.3) is 0 Å². The fraction of sp³-hybridized carbons (Fsp3) is 0.190. The van der Waals surface area contributed by atoms with Gasteiger partial charge >= 0.3 is 5.97 Å². The van der Waals surface area contributed by atoms with Crippen LogP contribution in [-0.4, -0.2) is 44.3 Å². The summed E-state index contributed by atoms with van der Waals surface area (Å²) in [4.78, 5) is 52.8. The average molecular weight is 452 g/mol. The summed E-state index contributed by atoms with van der Waals surface area (Å²) in [6.07, 6.45) is 8.61. The van der Waals surface area contributed by atoms with E-state index < -0.39 is 11.9 Å². The molecule has 3 aromatic heterocycles. The summed E-state index contributed by atoms with van der Waals surface area (Å²) in [5.41, 5.74) is 1.85. The minimum Gasteiger partial charge on any atom is -0.462 e. The number of ether oxygens (including phenoxy) is 1. The normalized spacial score (nSPS) is 11.3. The van der Waals surface area contributed by atoms with E-state index in [0.717, 1.165) is 17.4 Å². The lowest BCUT2D eigenvalue weighted by Gasteiger charge is -2.12. The van der Waals surface area contributed by atoms with Gasteiger partial charge < -0.3 is 15.4 Å². The Morgan fingerprint density at radius 1 is 1.12 bits per heavy atom. The Morgan fingerprint density at radius 3 is 2.62 bits per heavy atom. The van der Waals surface area contributed by atoms with Crippen molar-refractivity contribution in [2.24, 2.45) is 0 Å². The lowest BCUT2D eigenvalue weighted by atomic mass is 10.0. The molecule has 0 aliphatic heterocycles. The third-order valence-electron chi connectivity index (χ3n) is 4.25. The molecule has 1 atom stereocenters. The maximum Gasteiger partial charge on any atom is 0.350 e. The van der Waals surface area contributed by atoms with Gasteiger partial charge in [0.1, 0.15) is 4.88 Å². The van der Waals surface area contributed by atoms with Crippen LogP contribution in [0, 0.1) is 0 Å². The van der Waals surface area contributed by atoms with Crippen LogP contribution >= 0.6 is 11.3 Å². The van der Waals surface area contributed by atoms with Gasteiger partial charge in [-0.2, -0.15) is 0 Å². The van der Waals surface area contributed by atoms with E-state index in [9.17, 15) is 14.4 Å². The van der Waals surface area contributed by atoms with Crippen molar-refractivity contribution in [2.75, 3.05) is 17.2 Å². The predicted octanol–water partition coefficient (Wildman–Crippen LogP) is 3.04. The number of amides is 2. The second-order valence-corrected chi connectivity index (χ2v) is 7.48. The number of hydrogen-bond acceptors (Lipinski definition) is 9. The molecule has 0 bridgehead atoms. The minimum absolute atomic E-state index is 0.259. The summed E-state index contributed by atoms with van der Waals surface area (Å²) in [5, 5.41) is 5.53. The Balaban J connectivity index is 1.70. The van der Waals surface area contributed by atoms with Gasteiger partial charge in [0.2, 0.25) is 11.8 Å². The molecule has 0 aliphatic rings. The Morgan fingerprint density at radius 2 is 1.94 bits per heavy atom. The second-order valence-electron chi connectivity index (χ2n) is 6.45. The molecule has 11 heteroatoms. The van der Waals surface area contributed by atoms with Crippen LogP contribution in [-0.2, 0) is 14.3 Å². The molecule has 2 N–H and O–H groups in total. The van der Waals surface area contributed by atoms with Crippen LogP contribution in [0.25, 0.3) is 11.3 Å². The third-order valence-corrected chi connectivity index (χ3v) is 5.14. The van der Waals surface area contributed by atoms with Crippen LogP contribution < -0.4 is 10.6 Å². The van der Waals surface area contributed by atoms with Crippen molar-refractivity contribution in [1.82, 2.24) is 19.9 Å². The van der Waals surface area contributed by atoms with Crippen molar-refractivity contribution in [3.63, 3.8) is 0 Å². The SMILES string of the molecule is C=CC(=O)Nc1cnc(-c2cncc(C(C)C(=O)Nc3ncc(C(=O)OCC)s3)c2)cn1. The zero-order chi connectivity index (χ0) is 23.1. The first-order valence-corrected chi connectivity index (χ1v) is 10.4. The predicted molar refractivity (Wildman–Crippen MR) is 119 cm³/mol. The van der Waals surface area contributed by atoms with E-state index in [-0.39, 0.29) is 18.4 Å². The number of esters is 1. The lowest BCUT2D eigenvalue weighted by Crippen LogP contribution is -2.19. The lowest BCUT2D eigenvalue weighted by molar-refractivity contribution is -0.117. The van der Waals surface area contributed by atoms with Crippen molar-refractivity contribution in [1.29, 1.82) is 0 Å². The first kappa shape index (κ1) is 22.7. The number of rotatable bonds is 8. The van der Waals surface area contributed by atoms with E-state index in [1.807, 2.05) is 0 Å². The average Bonchev–Trinajstić information content (AvgIpc) is 3.28. The molecule has 0 saturated carbocycles. The number of aromatic nitrogens is 4. The summed E-state index contributed by atoms with van der Waals surface area (Å²) in [6.45, 7) is 7.09. The Hall–Kier alpha value is -3.99. The maximum atomic E-state index is 12.7. The summed E-state index contributed by atoms with van der Waals surface area (Å²) >= 11 is 1.04. The standard InChI is InChI=1S/C21H20N6O4S/c1-4-18(28)26-17-11-23-15(9-24-17)14-6-13(7-22-8-14)12(3)19(29)27-21-25-10-16(32-21)20(30)31-5-2/h4,6-12H,1,5H2,2-3H3,(H,24,26,28)(H,25,27,29). The monoisotopic (exact) mass is 452 g/mol. The summed E-state index contributed by atoms with van der Waals surface area (Å²) in [7, 11) is 0. The van der Waals surface area contributed by atoms with Gasteiger partial charge in [0, 0.05) is 18.0 Å². The number of hydrogen-bond donors (Lipinski definition) is 2. The van der Waals surface area contributed by atoms with Crippen LogP contribution in [0.1, 0.15) is 35.0 Å². The van der Waals surface area contributed by atoms with E-state index in [2.05, 4.69) is 37.1 Å². The van der Waals surface area contributed by atoms with Gasteiger partial charge in [0.15, 0.2) is 10.9 Å². The Kier molecular flexibility index (Phi) is 7.34. The molecule has 32 heavy (non-hydrogen) atoms. The molecule has 0 spiro atoms. The molecule has 164 valence electrons. The van der Waals surface area contributed by atoms with Crippen molar-refractivity contribution in [3.8, 4) is 11.3 Å². The van der Waals surface area contributed by atoms with Gasteiger partial charge in [-0.25, -0.2) is 14.8 Å². The number of carbonyl (C=O) groups excluding carboxylic acids is 3. The van der Waals surface area contributed by atoms with Crippen LogP contribution in [0.15, 0.2) is 49.7 Å². The van der Waals surface area contributed by atoms with Gasteiger partial charge in [-0.05, 0) is 31.6 Å². The molecule has 1 unspecified atom stereocenters. The summed E-state index contributed by atoms with van der Waals surface area (Å²) in [5.74, 6) is -1.42. The zero-order valence-corrected chi connectivity index (χ0v) is 18.2. The number of thiazole rings is 1. The Bertz CT molecular complexity index is 1150. The molecule has 2 amide bonds. The number of pyridine rings is 1. The zero-order valence-electron chi connectivity index (χ0n) is 17.4.